The summed E-state index contributed by atoms with van der Waals surface area (Å²) in [6.07, 6.45) is 3.47. The van der Waals surface area contributed by atoms with Crippen molar-refractivity contribution in [3.63, 3.8) is 0 Å². The zero-order valence-electron chi connectivity index (χ0n) is 6.14. The van der Waals surface area contributed by atoms with Crippen molar-refractivity contribution >= 4 is 10.9 Å². The van der Waals surface area contributed by atoms with Crippen LogP contribution < -0.4 is 5.56 Å². The monoisotopic (exact) mass is 148 g/mol. The first kappa shape index (κ1) is 6.22. The molecule has 0 radical (unpaired) electrons. The number of fused-ring (bicyclic) bond motifs is 1. The van der Waals surface area contributed by atoms with E-state index in [0.717, 1.165) is 16.5 Å². The summed E-state index contributed by atoms with van der Waals surface area (Å²) in [5.41, 5.74) is 1.86. The van der Waals surface area contributed by atoms with Crippen molar-refractivity contribution < 1.29 is 0 Å². The zero-order valence-corrected chi connectivity index (χ0v) is 6.14. The van der Waals surface area contributed by atoms with Crippen LogP contribution in [0.5, 0.6) is 0 Å². The third-order valence-corrected chi connectivity index (χ3v) is 1.80. The van der Waals surface area contributed by atoms with Crippen LogP contribution in [0.3, 0.4) is 0 Å². The lowest BCUT2D eigenvalue weighted by molar-refractivity contribution is 1.27. The van der Waals surface area contributed by atoms with E-state index in [1.807, 2.05) is 19.2 Å². The van der Waals surface area contributed by atoms with Crippen molar-refractivity contribution in [2.45, 2.75) is 6.92 Å². The lowest BCUT2D eigenvalue weighted by Crippen LogP contribution is -2.03. The quantitative estimate of drug-likeness (QED) is 0.578. The molecule has 0 unspecified atom stereocenters. The second kappa shape index (κ2) is 1.99. The lowest BCUT2D eigenvalue weighted by atomic mass is 10.2. The van der Waals surface area contributed by atoms with Crippen molar-refractivity contribution in [1.82, 2.24) is 9.97 Å². The highest BCUT2D eigenvalue weighted by molar-refractivity contribution is 5.81. The van der Waals surface area contributed by atoms with E-state index in [9.17, 15) is 4.79 Å². The Morgan fingerprint density at radius 3 is 2.91 bits per heavy atom. The molecule has 3 heteroatoms. The van der Waals surface area contributed by atoms with Gasteiger partial charge in [0.15, 0.2) is 0 Å². The Balaban J connectivity index is 3.08. The molecule has 2 rings (SSSR count). The van der Waals surface area contributed by atoms with Gasteiger partial charge in [-0.3, -0.25) is 4.79 Å². The molecule has 0 aliphatic rings. The average Bonchev–Trinajstić information content (AvgIpc) is 2.34. The predicted octanol–water partition coefficient (Wildman–Crippen LogP) is 1.16. The summed E-state index contributed by atoms with van der Waals surface area (Å²) in [5, 5.41) is 0.757. The Morgan fingerprint density at radius 2 is 2.18 bits per heavy atom. The molecule has 0 aliphatic carbocycles. The highest BCUT2D eigenvalue weighted by Crippen LogP contribution is 2.10. The maximum Gasteiger partial charge on any atom is 0.257 e. The van der Waals surface area contributed by atoms with Crippen molar-refractivity contribution in [2.75, 3.05) is 0 Å². The molecular weight excluding hydrogens is 140 g/mol. The van der Waals surface area contributed by atoms with Gasteiger partial charge in [-0.25, -0.2) is 0 Å². The fourth-order valence-corrected chi connectivity index (χ4v) is 1.25. The largest absolute Gasteiger partial charge is 0.361 e. The van der Waals surface area contributed by atoms with Crippen molar-refractivity contribution in [1.29, 1.82) is 0 Å². The molecule has 2 heterocycles. The first-order valence-electron chi connectivity index (χ1n) is 3.44. The van der Waals surface area contributed by atoms with Gasteiger partial charge in [0.25, 0.3) is 5.56 Å². The van der Waals surface area contributed by atoms with E-state index in [4.69, 9.17) is 0 Å². The topological polar surface area (TPSA) is 48.6 Å². The summed E-state index contributed by atoms with van der Waals surface area (Å²) in [4.78, 5) is 16.8. The number of H-pyrrole nitrogens is 2. The Kier molecular flexibility index (Phi) is 1.12. The normalized spacial score (nSPS) is 10.6. The summed E-state index contributed by atoms with van der Waals surface area (Å²) in [5.74, 6) is 0. The number of rotatable bonds is 0. The van der Waals surface area contributed by atoms with Crippen molar-refractivity contribution in [3.8, 4) is 0 Å². The predicted molar refractivity (Wildman–Crippen MR) is 43.7 cm³/mol. The molecule has 11 heavy (non-hydrogen) atoms. The summed E-state index contributed by atoms with van der Waals surface area (Å²) >= 11 is 0. The van der Waals surface area contributed by atoms with Gasteiger partial charge in [0.1, 0.15) is 0 Å². The second-order valence-corrected chi connectivity index (χ2v) is 2.57. The first-order chi connectivity index (χ1) is 5.29. The van der Waals surface area contributed by atoms with E-state index >= 15 is 0 Å². The molecule has 0 amide bonds. The Bertz CT molecular complexity index is 439. The van der Waals surface area contributed by atoms with Crippen LogP contribution in [0.25, 0.3) is 10.9 Å². The summed E-state index contributed by atoms with van der Waals surface area (Å²) < 4.78 is 0. The van der Waals surface area contributed by atoms with Gasteiger partial charge in [-0.15, -0.1) is 0 Å². The molecule has 56 valence electrons. The van der Waals surface area contributed by atoms with Gasteiger partial charge >= 0.3 is 0 Å². The van der Waals surface area contributed by atoms with Crippen LogP contribution >= 0.6 is 0 Å². The fraction of sp³-hybridized carbons (Fsp3) is 0.125. The van der Waals surface area contributed by atoms with E-state index < -0.39 is 0 Å². The minimum atomic E-state index is -0.0266. The van der Waals surface area contributed by atoms with Crippen molar-refractivity contribution in [3.05, 3.63) is 34.4 Å². The third-order valence-electron chi connectivity index (χ3n) is 1.80. The van der Waals surface area contributed by atoms with Crippen LogP contribution in [-0.4, -0.2) is 9.97 Å². The maximum atomic E-state index is 11.2. The molecule has 2 N–H and O–H groups in total. The summed E-state index contributed by atoms with van der Waals surface area (Å²) in [6.45, 7) is 1.91. The van der Waals surface area contributed by atoms with Crippen LogP contribution in [0, 0.1) is 6.92 Å². The number of hydrogen-bond donors (Lipinski definition) is 2. The van der Waals surface area contributed by atoms with Gasteiger partial charge in [-0.2, -0.15) is 0 Å². The van der Waals surface area contributed by atoms with Gasteiger partial charge in [0.2, 0.25) is 0 Å². The van der Waals surface area contributed by atoms with E-state index in [0.29, 0.717) is 0 Å². The number of aromatic nitrogens is 2. The zero-order chi connectivity index (χ0) is 7.84. The van der Waals surface area contributed by atoms with E-state index in [1.54, 1.807) is 6.20 Å². The van der Waals surface area contributed by atoms with E-state index in [-0.39, 0.29) is 5.56 Å². The molecule has 3 nitrogen and oxygen atoms in total. The first-order valence-corrected chi connectivity index (χ1v) is 3.44. The minimum Gasteiger partial charge on any atom is -0.361 e. The van der Waals surface area contributed by atoms with Gasteiger partial charge in [0, 0.05) is 12.4 Å². The van der Waals surface area contributed by atoms with E-state index in [1.165, 1.54) is 0 Å². The molecular formula is C8H8N2O. The molecule has 0 spiro atoms. The highest BCUT2D eigenvalue weighted by atomic mass is 16.1. The average molecular weight is 148 g/mol. The number of aryl methyl sites for hydroxylation is 1. The van der Waals surface area contributed by atoms with Gasteiger partial charge < -0.3 is 9.97 Å². The molecule has 0 fully saturated rings. The van der Waals surface area contributed by atoms with Crippen molar-refractivity contribution in [2.24, 2.45) is 0 Å². The number of aromatic amines is 2. The number of pyridine rings is 1. The molecule has 0 saturated carbocycles. The molecule has 2 aromatic heterocycles. The second-order valence-electron chi connectivity index (χ2n) is 2.57. The van der Waals surface area contributed by atoms with Crippen LogP contribution in [0.15, 0.2) is 23.3 Å². The van der Waals surface area contributed by atoms with Gasteiger partial charge in [-0.1, -0.05) is 0 Å². The minimum absolute atomic E-state index is 0.0266. The summed E-state index contributed by atoms with van der Waals surface area (Å²) in [6, 6.07) is 1.85. The van der Waals surface area contributed by atoms with Gasteiger partial charge in [-0.05, 0) is 18.6 Å². The Labute approximate surface area is 63.1 Å². The molecule has 0 aliphatic heterocycles. The standard InChI is InChI=1S/C8H8N2O/c1-5-4-10-6-2-3-9-8(11)7(5)6/h2-4,10H,1H3,(H,9,11). The maximum absolute atomic E-state index is 11.2. The van der Waals surface area contributed by atoms with Gasteiger partial charge in [0.05, 0.1) is 10.9 Å². The lowest BCUT2D eigenvalue weighted by Gasteiger charge is -1.87. The highest BCUT2D eigenvalue weighted by Gasteiger charge is 2.00. The number of nitrogens with one attached hydrogen (secondary N) is 2. The molecule has 0 aromatic carbocycles. The number of hydrogen-bond acceptors (Lipinski definition) is 1. The Morgan fingerprint density at radius 1 is 1.36 bits per heavy atom. The molecule has 0 bridgehead atoms. The SMILES string of the molecule is Cc1c[nH]c2cc[nH]c(=O)c12. The summed E-state index contributed by atoms with van der Waals surface area (Å²) in [7, 11) is 0. The smallest absolute Gasteiger partial charge is 0.257 e. The van der Waals surface area contributed by atoms with E-state index in [2.05, 4.69) is 9.97 Å². The van der Waals surface area contributed by atoms with Crippen LogP contribution in [0.4, 0.5) is 0 Å². The van der Waals surface area contributed by atoms with Crippen LogP contribution in [0.2, 0.25) is 0 Å². The fourth-order valence-electron chi connectivity index (χ4n) is 1.25. The third kappa shape index (κ3) is 0.774. The molecule has 0 atom stereocenters. The Hall–Kier alpha value is -1.51. The van der Waals surface area contributed by atoms with Crippen LogP contribution in [0.1, 0.15) is 5.56 Å². The van der Waals surface area contributed by atoms with Crippen LogP contribution in [-0.2, 0) is 0 Å². The molecule has 0 saturated heterocycles. The molecule has 2 aromatic rings.